The van der Waals surface area contributed by atoms with Gasteiger partial charge in [0.15, 0.2) is 0 Å². The average molecular weight is 327 g/mol. The van der Waals surface area contributed by atoms with E-state index in [1.165, 1.54) is 15.6 Å². The first-order valence-corrected chi connectivity index (χ1v) is 9.06. The molecule has 1 saturated heterocycles. The Balaban J connectivity index is 1.50. The van der Waals surface area contributed by atoms with Crippen LogP contribution < -0.4 is 5.32 Å². The number of nitrogens with zero attached hydrogens (tertiary/aromatic N) is 2. The summed E-state index contributed by atoms with van der Waals surface area (Å²) in [6.07, 6.45) is 4.98. The summed E-state index contributed by atoms with van der Waals surface area (Å²) in [5, 5.41) is 7.31. The van der Waals surface area contributed by atoms with Crippen LogP contribution in [-0.4, -0.2) is 22.2 Å². The van der Waals surface area contributed by atoms with Crippen LogP contribution in [0.25, 0.3) is 10.1 Å². The smallest absolute Gasteiger partial charge is 0.139 e. The van der Waals surface area contributed by atoms with Gasteiger partial charge in [0.05, 0.1) is 0 Å². The number of imidazole rings is 1. The van der Waals surface area contributed by atoms with Crippen LogP contribution in [-0.2, 0) is 17.8 Å². The van der Waals surface area contributed by atoms with Crippen molar-refractivity contribution < 1.29 is 4.74 Å². The highest BCUT2D eigenvalue weighted by molar-refractivity contribution is 7.17. The topological polar surface area (TPSA) is 39.1 Å². The molecular weight excluding hydrogens is 306 g/mol. The van der Waals surface area contributed by atoms with Crippen molar-refractivity contribution in [2.75, 3.05) is 6.61 Å². The zero-order valence-corrected chi connectivity index (χ0v) is 14.1. The van der Waals surface area contributed by atoms with Gasteiger partial charge in [-0.05, 0) is 35.7 Å². The molecule has 4 rings (SSSR count). The Morgan fingerprint density at radius 3 is 3.22 bits per heavy atom. The number of ether oxygens (including phenoxy) is 1. The predicted octanol–water partition coefficient (Wildman–Crippen LogP) is 3.74. The summed E-state index contributed by atoms with van der Waals surface area (Å²) in [7, 11) is 0. The Labute approximate surface area is 140 Å². The first kappa shape index (κ1) is 14.9. The van der Waals surface area contributed by atoms with Gasteiger partial charge in [-0.1, -0.05) is 18.2 Å². The molecule has 0 spiro atoms. The summed E-state index contributed by atoms with van der Waals surface area (Å²) < 4.78 is 9.49. The van der Waals surface area contributed by atoms with Crippen LogP contribution in [0.15, 0.2) is 42.0 Å². The van der Waals surface area contributed by atoms with Gasteiger partial charge in [-0.25, -0.2) is 4.98 Å². The van der Waals surface area contributed by atoms with Gasteiger partial charge in [-0.2, -0.15) is 0 Å². The minimum absolute atomic E-state index is 0.0508. The van der Waals surface area contributed by atoms with Crippen molar-refractivity contribution in [3.8, 4) is 0 Å². The molecule has 1 fully saturated rings. The maximum absolute atomic E-state index is 5.97. The molecule has 1 aliphatic heterocycles. The highest BCUT2D eigenvalue weighted by atomic mass is 32.1. The largest absolute Gasteiger partial charge is 0.369 e. The third-order valence-electron chi connectivity index (χ3n) is 4.55. The Bertz CT molecular complexity index is 794. The lowest BCUT2D eigenvalue weighted by atomic mass is 10.1. The standard InChI is InChI=1S/C18H21N3OS/c1-2-21-9-8-19-18(21)17-15(7-10-22-17)20-11-13-12-23-16-6-4-3-5-14(13)16/h3-6,8-9,12,15,17,20H,2,7,10-11H2,1H3/t15-,17-/m0/s1. The molecule has 2 aromatic heterocycles. The maximum atomic E-state index is 5.97. The van der Waals surface area contributed by atoms with E-state index in [1.54, 1.807) is 0 Å². The zero-order valence-electron chi connectivity index (χ0n) is 13.2. The normalized spacial score (nSPS) is 21.3. The van der Waals surface area contributed by atoms with Gasteiger partial charge in [0.25, 0.3) is 0 Å². The lowest BCUT2D eigenvalue weighted by molar-refractivity contribution is 0.0886. The maximum Gasteiger partial charge on any atom is 0.139 e. The van der Waals surface area contributed by atoms with Gasteiger partial charge < -0.3 is 14.6 Å². The fraction of sp³-hybridized carbons (Fsp3) is 0.389. The molecule has 0 saturated carbocycles. The molecule has 4 nitrogen and oxygen atoms in total. The summed E-state index contributed by atoms with van der Waals surface area (Å²) in [5.74, 6) is 1.04. The Hall–Kier alpha value is -1.69. The molecule has 0 bridgehead atoms. The molecule has 1 N–H and O–H groups in total. The molecule has 0 radical (unpaired) electrons. The number of hydrogen-bond acceptors (Lipinski definition) is 4. The summed E-state index contributed by atoms with van der Waals surface area (Å²) >= 11 is 1.81. The van der Waals surface area contributed by atoms with E-state index in [2.05, 4.69) is 51.4 Å². The average Bonchev–Trinajstić information content (AvgIpc) is 3.31. The molecule has 3 aromatic rings. The second-order valence-corrected chi connectivity index (χ2v) is 6.81. The van der Waals surface area contributed by atoms with Gasteiger partial charge in [-0.15, -0.1) is 11.3 Å². The number of aromatic nitrogens is 2. The van der Waals surface area contributed by atoms with E-state index in [4.69, 9.17) is 4.74 Å². The molecule has 5 heteroatoms. The van der Waals surface area contributed by atoms with Crippen LogP contribution in [0.5, 0.6) is 0 Å². The molecule has 0 aliphatic carbocycles. The van der Waals surface area contributed by atoms with Gasteiger partial charge in [-0.3, -0.25) is 0 Å². The monoisotopic (exact) mass is 327 g/mol. The van der Waals surface area contributed by atoms with Gasteiger partial charge in [0, 0.05) is 42.8 Å². The fourth-order valence-electron chi connectivity index (χ4n) is 3.31. The number of aryl methyl sites for hydroxylation is 1. The van der Waals surface area contributed by atoms with E-state index >= 15 is 0 Å². The lowest BCUT2D eigenvalue weighted by Crippen LogP contribution is -2.32. The van der Waals surface area contributed by atoms with Gasteiger partial charge >= 0.3 is 0 Å². The third kappa shape index (κ3) is 2.80. The minimum atomic E-state index is 0.0508. The Morgan fingerprint density at radius 2 is 2.30 bits per heavy atom. The Morgan fingerprint density at radius 1 is 1.39 bits per heavy atom. The highest BCUT2D eigenvalue weighted by Gasteiger charge is 2.32. The number of thiophene rings is 1. The number of nitrogens with one attached hydrogen (secondary N) is 1. The van der Waals surface area contributed by atoms with Crippen LogP contribution in [0.4, 0.5) is 0 Å². The SMILES string of the molecule is CCn1ccnc1[C@H]1OCC[C@@H]1NCc1csc2ccccc12. The lowest BCUT2D eigenvalue weighted by Gasteiger charge is -2.20. The second-order valence-electron chi connectivity index (χ2n) is 5.90. The predicted molar refractivity (Wildman–Crippen MR) is 93.7 cm³/mol. The molecule has 1 aromatic carbocycles. The first-order chi connectivity index (χ1) is 11.4. The van der Waals surface area contributed by atoms with Crippen LogP contribution >= 0.6 is 11.3 Å². The summed E-state index contributed by atoms with van der Waals surface area (Å²) in [5.41, 5.74) is 1.37. The molecule has 0 unspecified atom stereocenters. The molecular formula is C18H21N3OS. The number of hydrogen-bond donors (Lipinski definition) is 1. The molecule has 120 valence electrons. The summed E-state index contributed by atoms with van der Waals surface area (Å²) in [6, 6.07) is 8.92. The fourth-order valence-corrected chi connectivity index (χ4v) is 4.27. The van der Waals surface area contributed by atoms with Crippen molar-refractivity contribution in [3.63, 3.8) is 0 Å². The van der Waals surface area contributed by atoms with Crippen molar-refractivity contribution >= 4 is 21.4 Å². The van der Waals surface area contributed by atoms with Crippen LogP contribution in [0, 0.1) is 0 Å². The van der Waals surface area contributed by atoms with E-state index in [9.17, 15) is 0 Å². The zero-order chi connectivity index (χ0) is 15.6. The third-order valence-corrected chi connectivity index (χ3v) is 5.56. The van der Waals surface area contributed by atoms with Crippen LogP contribution in [0.1, 0.15) is 30.8 Å². The number of rotatable bonds is 5. The van der Waals surface area contributed by atoms with Gasteiger partial charge in [0.2, 0.25) is 0 Å². The Kier molecular flexibility index (Phi) is 4.16. The van der Waals surface area contributed by atoms with Crippen molar-refractivity contribution in [2.24, 2.45) is 0 Å². The molecule has 0 amide bonds. The quantitative estimate of drug-likeness (QED) is 0.776. The second kappa shape index (κ2) is 6.43. The highest BCUT2D eigenvalue weighted by Crippen LogP contribution is 2.30. The first-order valence-electron chi connectivity index (χ1n) is 8.18. The van der Waals surface area contributed by atoms with Crippen molar-refractivity contribution in [1.29, 1.82) is 0 Å². The number of fused-ring (bicyclic) bond motifs is 1. The van der Waals surface area contributed by atoms with E-state index in [-0.39, 0.29) is 6.10 Å². The van der Waals surface area contributed by atoms with E-state index in [1.807, 2.05) is 23.7 Å². The van der Waals surface area contributed by atoms with Crippen molar-refractivity contribution in [3.05, 3.63) is 53.4 Å². The summed E-state index contributed by atoms with van der Waals surface area (Å²) in [4.78, 5) is 4.51. The van der Waals surface area contributed by atoms with Crippen LogP contribution in [0.3, 0.4) is 0 Å². The molecule has 23 heavy (non-hydrogen) atoms. The molecule has 2 atom stereocenters. The van der Waals surface area contributed by atoms with E-state index in [0.717, 1.165) is 31.9 Å². The van der Waals surface area contributed by atoms with Gasteiger partial charge in [0.1, 0.15) is 11.9 Å². The van der Waals surface area contributed by atoms with Crippen molar-refractivity contribution in [1.82, 2.24) is 14.9 Å². The minimum Gasteiger partial charge on any atom is -0.369 e. The summed E-state index contributed by atoms with van der Waals surface area (Å²) in [6.45, 7) is 4.74. The van der Waals surface area contributed by atoms with Crippen LogP contribution in [0.2, 0.25) is 0 Å². The van der Waals surface area contributed by atoms with E-state index < -0.39 is 0 Å². The number of benzene rings is 1. The van der Waals surface area contributed by atoms with Crippen molar-refractivity contribution in [2.45, 2.75) is 38.6 Å². The molecule has 1 aliphatic rings. The van der Waals surface area contributed by atoms with E-state index in [0.29, 0.717) is 6.04 Å². The molecule has 3 heterocycles.